The molecule has 0 unspecified atom stereocenters. The predicted octanol–water partition coefficient (Wildman–Crippen LogP) is 5.71. The Hall–Kier alpha value is -3.87. The quantitative estimate of drug-likeness (QED) is 0.468. The lowest BCUT2D eigenvalue weighted by molar-refractivity contribution is 0.149. The average Bonchev–Trinajstić information content (AvgIpc) is 2.78. The molecule has 0 bridgehead atoms. The Labute approximate surface area is 197 Å². The van der Waals surface area contributed by atoms with Crippen molar-refractivity contribution in [1.29, 1.82) is 0 Å². The van der Waals surface area contributed by atoms with Crippen molar-refractivity contribution in [2.75, 3.05) is 14.2 Å². The number of phenolic OH excluding ortho intramolecular Hbond substituents is 1. The van der Waals surface area contributed by atoms with Gasteiger partial charge in [0.25, 0.3) is 0 Å². The van der Waals surface area contributed by atoms with Crippen molar-refractivity contribution in [3.63, 3.8) is 0 Å². The van der Waals surface area contributed by atoms with Crippen molar-refractivity contribution in [1.82, 2.24) is 0 Å². The van der Waals surface area contributed by atoms with Crippen LogP contribution in [0.15, 0.2) is 52.4 Å². The van der Waals surface area contributed by atoms with Crippen LogP contribution in [-0.2, 0) is 0 Å². The molecule has 0 radical (unpaired) electrons. The number of ether oxygens (including phenoxy) is 4. The number of fused-ring (bicyclic) bond motifs is 2. The van der Waals surface area contributed by atoms with Crippen LogP contribution < -0.4 is 24.4 Å². The number of methoxy groups -OCH3 is 2. The fourth-order valence-corrected chi connectivity index (χ4v) is 3.75. The highest BCUT2D eigenvalue weighted by molar-refractivity contribution is 5.93. The van der Waals surface area contributed by atoms with Gasteiger partial charge in [-0.15, -0.1) is 0 Å². The monoisotopic (exact) mass is 464 g/mol. The Kier molecular flexibility index (Phi) is 5.59. The van der Waals surface area contributed by atoms with Crippen LogP contribution in [0.2, 0.25) is 0 Å². The molecule has 34 heavy (non-hydrogen) atoms. The van der Waals surface area contributed by atoms with Crippen LogP contribution in [0.4, 0.5) is 0 Å². The summed E-state index contributed by atoms with van der Waals surface area (Å²) in [6.07, 6.45) is 6.59. The summed E-state index contributed by atoms with van der Waals surface area (Å²) in [7, 11) is 3.00. The minimum Gasteiger partial charge on any atom is -0.506 e. The summed E-state index contributed by atoms with van der Waals surface area (Å²) >= 11 is 0. The summed E-state index contributed by atoms with van der Waals surface area (Å²) in [5.41, 5.74) is -0.245. The second-order valence-electron chi connectivity index (χ2n) is 9.15. The molecular weight excluding hydrogens is 436 g/mol. The number of benzene rings is 2. The highest BCUT2D eigenvalue weighted by Crippen LogP contribution is 2.44. The van der Waals surface area contributed by atoms with Gasteiger partial charge in [0.1, 0.15) is 39.9 Å². The fraction of sp³-hybridized carbons (Fsp3) is 0.296. The molecule has 1 N–H and O–H groups in total. The molecule has 4 rings (SSSR count). The molecule has 1 aliphatic heterocycles. The SMILES string of the molecule is C=CC(C)(C)Oc1c(OC)cc(-c2coc3cc4c(c(O)c3c2=O)C=CC(C)(C)O4)cc1OC. The normalized spacial score (nSPS) is 14.3. The summed E-state index contributed by atoms with van der Waals surface area (Å²) in [6, 6.07) is 4.95. The van der Waals surface area contributed by atoms with E-state index in [0.29, 0.717) is 34.1 Å². The van der Waals surface area contributed by atoms with Gasteiger partial charge in [-0.1, -0.05) is 6.58 Å². The zero-order chi connectivity index (χ0) is 24.8. The van der Waals surface area contributed by atoms with Crippen molar-refractivity contribution in [3.05, 3.63) is 59.0 Å². The van der Waals surface area contributed by atoms with E-state index in [-0.39, 0.29) is 22.3 Å². The molecule has 0 amide bonds. The number of hydrogen-bond donors (Lipinski definition) is 1. The van der Waals surface area contributed by atoms with Gasteiger partial charge in [0, 0.05) is 6.07 Å². The van der Waals surface area contributed by atoms with Crippen molar-refractivity contribution in [3.8, 4) is 39.9 Å². The van der Waals surface area contributed by atoms with Gasteiger partial charge < -0.3 is 28.5 Å². The first-order valence-corrected chi connectivity index (χ1v) is 10.8. The summed E-state index contributed by atoms with van der Waals surface area (Å²) < 4.78 is 28.8. The van der Waals surface area contributed by atoms with Gasteiger partial charge >= 0.3 is 0 Å². The fourth-order valence-electron chi connectivity index (χ4n) is 3.75. The second-order valence-corrected chi connectivity index (χ2v) is 9.15. The van der Waals surface area contributed by atoms with Gasteiger partial charge in [0.15, 0.2) is 11.5 Å². The van der Waals surface area contributed by atoms with Gasteiger partial charge in [-0.3, -0.25) is 4.79 Å². The van der Waals surface area contributed by atoms with E-state index < -0.39 is 16.6 Å². The molecule has 0 saturated heterocycles. The van der Waals surface area contributed by atoms with Crippen LogP contribution in [0.25, 0.3) is 28.2 Å². The van der Waals surface area contributed by atoms with Gasteiger partial charge in [-0.25, -0.2) is 0 Å². The minimum absolute atomic E-state index is 0.0651. The zero-order valence-electron chi connectivity index (χ0n) is 20.1. The molecule has 7 heteroatoms. The van der Waals surface area contributed by atoms with E-state index in [0.717, 1.165) is 0 Å². The number of rotatable bonds is 6. The number of phenols is 1. The van der Waals surface area contributed by atoms with E-state index in [1.165, 1.54) is 20.5 Å². The van der Waals surface area contributed by atoms with Crippen LogP contribution in [0.5, 0.6) is 28.7 Å². The molecule has 0 atom stereocenters. The maximum Gasteiger partial charge on any atom is 0.204 e. The first kappa shape index (κ1) is 23.3. The van der Waals surface area contributed by atoms with E-state index in [1.54, 1.807) is 30.4 Å². The Morgan fingerprint density at radius 1 is 1.12 bits per heavy atom. The predicted molar refractivity (Wildman–Crippen MR) is 131 cm³/mol. The van der Waals surface area contributed by atoms with Crippen LogP contribution in [0.3, 0.4) is 0 Å². The van der Waals surface area contributed by atoms with E-state index in [4.69, 9.17) is 23.4 Å². The standard InChI is InChI=1S/C27H28O7/c1-8-26(2,3)34-25-20(30-6)11-15(12-21(25)31-7)17-14-32-19-13-18-16(9-10-27(4,5)33-18)23(28)22(19)24(17)29/h8-14,28H,1H2,2-7H3. The van der Waals surface area contributed by atoms with Crippen LogP contribution in [-0.4, -0.2) is 30.5 Å². The van der Waals surface area contributed by atoms with E-state index in [1.807, 2.05) is 33.8 Å². The highest BCUT2D eigenvalue weighted by Gasteiger charge is 2.28. The van der Waals surface area contributed by atoms with Crippen LogP contribution in [0.1, 0.15) is 33.3 Å². The molecule has 0 spiro atoms. The first-order chi connectivity index (χ1) is 16.0. The van der Waals surface area contributed by atoms with E-state index >= 15 is 0 Å². The summed E-state index contributed by atoms with van der Waals surface area (Å²) in [5.74, 6) is 1.38. The first-order valence-electron chi connectivity index (χ1n) is 10.8. The van der Waals surface area contributed by atoms with Gasteiger partial charge in [-0.05, 0) is 63.6 Å². The summed E-state index contributed by atoms with van der Waals surface area (Å²) in [6.45, 7) is 11.3. The van der Waals surface area contributed by atoms with E-state index in [2.05, 4.69) is 6.58 Å². The van der Waals surface area contributed by atoms with Crippen molar-refractivity contribution >= 4 is 17.0 Å². The average molecular weight is 465 g/mol. The van der Waals surface area contributed by atoms with Crippen LogP contribution >= 0.6 is 0 Å². The highest BCUT2D eigenvalue weighted by atomic mass is 16.5. The largest absolute Gasteiger partial charge is 0.506 e. The van der Waals surface area contributed by atoms with Gasteiger partial charge in [-0.2, -0.15) is 0 Å². The third kappa shape index (κ3) is 3.98. The molecule has 1 aromatic heterocycles. The molecule has 0 fully saturated rings. The second kappa shape index (κ2) is 8.17. The molecule has 2 aromatic carbocycles. The molecule has 7 nitrogen and oxygen atoms in total. The number of hydrogen-bond acceptors (Lipinski definition) is 7. The van der Waals surface area contributed by atoms with Gasteiger partial charge in [0.2, 0.25) is 11.2 Å². The Morgan fingerprint density at radius 3 is 2.35 bits per heavy atom. The lowest BCUT2D eigenvalue weighted by Crippen LogP contribution is -2.27. The lowest BCUT2D eigenvalue weighted by atomic mass is 9.98. The molecule has 178 valence electrons. The van der Waals surface area contributed by atoms with Crippen LogP contribution in [0, 0.1) is 0 Å². The molecule has 1 aliphatic rings. The van der Waals surface area contributed by atoms with Crippen molar-refractivity contribution in [2.24, 2.45) is 0 Å². The third-order valence-electron chi connectivity index (χ3n) is 5.69. The smallest absolute Gasteiger partial charge is 0.204 e. The molecule has 0 saturated carbocycles. The zero-order valence-corrected chi connectivity index (χ0v) is 20.1. The lowest BCUT2D eigenvalue weighted by Gasteiger charge is -2.28. The minimum atomic E-state index is -0.681. The summed E-state index contributed by atoms with van der Waals surface area (Å²) in [5, 5.41) is 11.0. The summed E-state index contributed by atoms with van der Waals surface area (Å²) in [4.78, 5) is 13.5. The maximum atomic E-state index is 13.5. The van der Waals surface area contributed by atoms with Gasteiger partial charge in [0.05, 0.1) is 25.3 Å². The topological polar surface area (TPSA) is 87.4 Å². The Morgan fingerprint density at radius 2 is 1.76 bits per heavy atom. The molecule has 0 aliphatic carbocycles. The third-order valence-corrected chi connectivity index (χ3v) is 5.69. The van der Waals surface area contributed by atoms with E-state index in [9.17, 15) is 9.90 Å². The van der Waals surface area contributed by atoms with Crippen molar-refractivity contribution < 1.29 is 28.5 Å². The van der Waals surface area contributed by atoms with Crippen molar-refractivity contribution in [2.45, 2.75) is 38.9 Å². The molecule has 3 aromatic rings. The molecule has 2 heterocycles. The molecular formula is C27H28O7. The maximum absolute atomic E-state index is 13.5. The Balaban J connectivity index is 1.91. The number of aromatic hydroxyl groups is 1. The Bertz CT molecular complexity index is 1350.